The highest BCUT2D eigenvalue weighted by molar-refractivity contribution is 5.98. The number of carbonyl (C=O) groups is 2. The van der Waals surface area contributed by atoms with Gasteiger partial charge in [-0.15, -0.1) is 6.58 Å². The van der Waals surface area contributed by atoms with Crippen LogP contribution in [0.15, 0.2) is 49.6 Å². The standard InChI is InChI=1S/C13H17NO3/c1-5-8-10(7-3)12(15)14-11(9-6-2)13(16)17-4/h5-8,11H,1-3,9H2,4H3,(H,14,15)/b10-8+/t11-/m0/s1. The summed E-state index contributed by atoms with van der Waals surface area (Å²) in [6.07, 6.45) is 6.20. The third kappa shape index (κ3) is 4.97. The molecule has 4 nitrogen and oxygen atoms in total. The summed E-state index contributed by atoms with van der Waals surface area (Å²) in [6.45, 7) is 10.5. The van der Waals surface area contributed by atoms with Gasteiger partial charge in [0, 0.05) is 5.57 Å². The Hall–Kier alpha value is -2.10. The molecule has 0 bridgehead atoms. The predicted octanol–water partition coefficient (Wildman–Crippen LogP) is 1.52. The molecular weight excluding hydrogens is 218 g/mol. The number of hydrogen-bond donors (Lipinski definition) is 1. The van der Waals surface area contributed by atoms with E-state index in [1.54, 1.807) is 0 Å². The fourth-order valence-corrected chi connectivity index (χ4v) is 1.13. The fraction of sp³-hybridized carbons (Fsp3) is 0.231. The molecule has 0 unspecified atom stereocenters. The Morgan fingerprint density at radius 2 is 2.00 bits per heavy atom. The van der Waals surface area contributed by atoms with Crippen molar-refractivity contribution in [2.24, 2.45) is 0 Å². The predicted molar refractivity (Wildman–Crippen MR) is 67.2 cm³/mol. The third-order valence-electron chi connectivity index (χ3n) is 1.97. The Kier molecular flexibility index (Phi) is 7.10. The zero-order chi connectivity index (χ0) is 13.3. The van der Waals surface area contributed by atoms with Gasteiger partial charge in [0.1, 0.15) is 6.04 Å². The number of allylic oxidation sites excluding steroid dienone is 2. The lowest BCUT2D eigenvalue weighted by molar-refractivity contribution is -0.144. The summed E-state index contributed by atoms with van der Waals surface area (Å²) in [5.41, 5.74) is 0.331. The summed E-state index contributed by atoms with van der Waals surface area (Å²) >= 11 is 0. The van der Waals surface area contributed by atoms with E-state index in [0.717, 1.165) is 0 Å². The molecule has 0 aliphatic heterocycles. The summed E-state index contributed by atoms with van der Waals surface area (Å²) < 4.78 is 4.57. The lowest BCUT2D eigenvalue weighted by Crippen LogP contribution is -2.41. The Morgan fingerprint density at radius 3 is 2.41 bits per heavy atom. The van der Waals surface area contributed by atoms with Crippen molar-refractivity contribution in [3.8, 4) is 0 Å². The number of methoxy groups -OCH3 is 1. The van der Waals surface area contributed by atoms with Crippen LogP contribution in [0.2, 0.25) is 0 Å². The second-order valence-corrected chi connectivity index (χ2v) is 3.14. The molecule has 0 aliphatic carbocycles. The lowest BCUT2D eigenvalue weighted by Gasteiger charge is -2.14. The van der Waals surface area contributed by atoms with Gasteiger partial charge in [0.2, 0.25) is 0 Å². The topological polar surface area (TPSA) is 55.4 Å². The van der Waals surface area contributed by atoms with E-state index in [4.69, 9.17) is 0 Å². The maximum Gasteiger partial charge on any atom is 0.328 e. The van der Waals surface area contributed by atoms with Crippen molar-refractivity contribution in [3.05, 3.63) is 49.6 Å². The van der Waals surface area contributed by atoms with Gasteiger partial charge in [-0.3, -0.25) is 4.79 Å². The molecule has 0 saturated carbocycles. The number of nitrogens with one attached hydrogen (secondary N) is 1. The molecule has 92 valence electrons. The first-order chi connectivity index (χ1) is 8.10. The molecule has 0 heterocycles. The molecule has 1 amide bonds. The molecule has 1 N–H and O–H groups in total. The Balaban J connectivity index is 4.75. The van der Waals surface area contributed by atoms with Crippen LogP contribution in [0.5, 0.6) is 0 Å². The molecule has 0 fully saturated rings. The average Bonchev–Trinajstić information content (AvgIpc) is 2.34. The number of hydrogen-bond acceptors (Lipinski definition) is 3. The molecule has 1 atom stereocenters. The van der Waals surface area contributed by atoms with Crippen LogP contribution in [0.3, 0.4) is 0 Å². The summed E-state index contributed by atoms with van der Waals surface area (Å²) in [4.78, 5) is 23.1. The van der Waals surface area contributed by atoms with Crippen LogP contribution in [-0.4, -0.2) is 25.0 Å². The molecule has 0 rings (SSSR count). The summed E-state index contributed by atoms with van der Waals surface area (Å²) in [6, 6.07) is -0.738. The van der Waals surface area contributed by atoms with Crippen molar-refractivity contribution >= 4 is 11.9 Å². The lowest BCUT2D eigenvalue weighted by atomic mass is 10.1. The van der Waals surface area contributed by atoms with E-state index < -0.39 is 17.9 Å². The van der Waals surface area contributed by atoms with E-state index in [0.29, 0.717) is 12.0 Å². The van der Waals surface area contributed by atoms with E-state index in [-0.39, 0.29) is 0 Å². The average molecular weight is 235 g/mol. The number of rotatable bonds is 7. The fourth-order valence-electron chi connectivity index (χ4n) is 1.13. The van der Waals surface area contributed by atoms with Crippen LogP contribution in [0.25, 0.3) is 0 Å². The monoisotopic (exact) mass is 235 g/mol. The zero-order valence-corrected chi connectivity index (χ0v) is 9.94. The van der Waals surface area contributed by atoms with Gasteiger partial charge in [0.05, 0.1) is 7.11 Å². The van der Waals surface area contributed by atoms with E-state index >= 15 is 0 Å². The van der Waals surface area contributed by atoms with E-state index in [1.165, 1.54) is 31.4 Å². The minimum absolute atomic E-state index is 0.303. The van der Waals surface area contributed by atoms with Gasteiger partial charge < -0.3 is 10.1 Å². The highest BCUT2D eigenvalue weighted by Gasteiger charge is 2.20. The van der Waals surface area contributed by atoms with E-state index in [1.807, 2.05) is 0 Å². The summed E-state index contributed by atoms with van der Waals surface area (Å²) in [5.74, 6) is -0.919. The van der Waals surface area contributed by atoms with Gasteiger partial charge >= 0.3 is 5.97 Å². The van der Waals surface area contributed by atoms with Crippen molar-refractivity contribution < 1.29 is 14.3 Å². The molecule has 4 heteroatoms. The maximum absolute atomic E-state index is 11.7. The Bertz CT molecular complexity index is 356. The summed E-state index contributed by atoms with van der Waals surface area (Å²) in [7, 11) is 1.26. The SMILES string of the molecule is C=C/C=C(\C=C)C(=O)N[C@@H](CC=C)C(=O)OC. The van der Waals surface area contributed by atoms with Gasteiger partial charge in [-0.1, -0.05) is 37.5 Å². The second kappa shape index (κ2) is 8.10. The van der Waals surface area contributed by atoms with Gasteiger partial charge in [-0.25, -0.2) is 4.79 Å². The quantitative estimate of drug-likeness (QED) is 0.315. The van der Waals surface area contributed by atoms with Crippen molar-refractivity contribution in [1.29, 1.82) is 0 Å². The molecular formula is C13H17NO3. The first-order valence-corrected chi connectivity index (χ1v) is 5.05. The zero-order valence-electron chi connectivity index (χ0n) is 9.94. The molecule has 0 aromatic heterocycles. The van der Waals surface area contributed by atoms with E-state index in [2.05, 4.69) is 29.8 Å². The van der Waals surface area contributed by atoms with Gasteiger partial charge in [0.15, 0.2) is 0 Å². The molecule has 17 heavy (non-hydrogen) atoms. The van der Waals surface area contributed by atoms with Gasteiger partial charge in [-0.2, -0.15) is 0 Å². The molecule has 0 saturated heterocycles. The first kappa shape index (κ1) is 14.9. The molecule has 0 aliphatic rings. The van der Waals surface area contributed by atoms with Crippen LogP contribution in [0.4, 0.5) is 0 Å². The Labute approximate surface area is 101 Å². The van der Waals surface area contributed by atoms with Gasteiger partial charge in [-0.05, 0) is 6.42 Å². The molecule has 0 aromatic rings. The minimum atomic E-state index is -0.738. The van der Waals surface area contributed by atoms with Crippen molar-refractivity contribution in [2.45, 2.75) is 12.5 Å². The minimum Gasteiger partial charge on any atom is -0.467 e. The van der Waals surface area contributed by atoms with Crippen LogP contribution in [0, 0.1) is 0 Å². The third-order valence-corrected chi connectivity index (χ3v) is 1.97. The van der Waals surface area contributed by atoms with Gasteiger partial charge in [0.25, 0.3) is 5.91 Å². The number of esters is 1. The second-order valence-electron chi connectivity index (χ2n) is 3.14. The first-order valence-electron chi connectivity index (χ1n) is 5.05. The van der Waals surface area contributed by atoms with E-state index in [9.17, 15) is 9.59 Å². The largest absolute Gasteiger partial charge is 0.467 e. The highest BCUT2D eigenvalue weighted by Crippen LogP contribution is 2.01. The highest BCUT2D eigenvalue weighted by atomic mass is 16.5. The number of amides is 1. The summed E-state index contributed by atoms with van der Waals surface area (Å²) in [5, 5.41) is 2.53. The molecule has 0 spiro atoms. The van der Waals surface area contributed by atoms with Crippen molar-refractivity contribution in [3.63, 3.8) is 0 Å². The van der Waals surface area contributed by atoms with Crippen molar-refractivity contribution in [2.75, 3.05) is 7.11 Å². The smallest absolute Gasteiger partial charge is 0.328 e. The van der Waals surface area contributed by atoms with Crippen LogP contribution >= 0.6 is 0 Å². The Morgan fingerprint density at radius 1 is 1.35 bits per heavy atom. The van der Waals surface area contributed by atoms with Crippen LogP contribution < -0.4 is 5.32 Å². The molecule has 0 aromatic carbocycles. The van der Waals surface area contributed by atoms with Crippen molar-refractivity contribution in [1.82, 2.24) is 5.32 Å². The maximum atomic E-state index is 11.7. The normalized spacial score (nSPS) is 12.2. The van der Waals surface area contributed by atoms with Crippen LogP contribution in [0.1, 0.15) is 6.42 Å². The number of ether oxygens (including phenoxy) is 1. The van der Waals surface area contributed by atoms with Crippen LogP contribution in [-0.2, 0) is 14.3 Å². The number of carbonyl (C=O) groups excluding carboxylic acids is 2. The molecule has 0 radical (unpaired) electrons.